The van der Waals surface area contributed by atoms with E-state index >= 15 is 0 Å². The Morgan fingerprint density at radius 2 is 1.62 bits per heavy atom. The zero-order chi connectivity index (χ0) is 26.4. The van der Waals surface area contributed by atoms with Gasteiger partial charge in [0.25, 0.3) is 5.91 Å². The molecule has 37 heavy (non-hydrogen) atoms. The number of methoxy groups -OCH3 is 4. The van der Waals surface area contributed by atoms with E-state index < -0.39 is 5.91 Å². The van der Waals surface area contributed by atoms with Crippen LogP contribution in [0.4, 0.5) is 0 Å². The maximum absolute atomic E-state index is 12.8. The van der Waals surface area contributed by atoms with Gasteiger partial charge < -0.3 is 29.2 Å². The molecule has 0 radical (unpaired) electrons. The molecule has 4 rings (SSSR count). The summed E-state index contributed by atoms with van der Waals surface area (Å²) in [4.78, 5) is 20.4. The van der Waals surface area contributed by atoms with Gasteiger partial charge in [-0.05, 0) is 47.5 Å². The molecule has 0 atom stereocenters. The molecule has 4 aromatic rings. The van der Waals surface area contributed by atoms with Gasteiger partial charge in [-0.15, -0.1) is 0 Å². The number of rotatable bonds is 9. The van der Waals surface area contributed by atoms with E-state index in [9.17, 15) is 10.1 Å². The van der Waals surface area contributed by atoms with Crippen LogP contribution >= 0.6 is 0 Å². The predicted octanol–water partition coefficient (Wildman–Crippen LogP) is 4.49. The van der Waals surface area contributed by atoms with Crippen LogP contribution in [0.5, 0.6) is 23.0 Å². The first-order valence-corrected chi connectivity index (χ1v) is 11.3. The lowest BCUT2D eigenvalue weighted by atomic mass is 10.0. The van der Waals surface area contributed by atoms with Crippen molar-refractivity contribution in [2.24, 2.45) is 0 Å². The summed E-state index contributed by atoms with van der Waals surface area (Å²) in [6, 6.07) is 14.9. The number of amides is 1. The zero-order valence-corrected chi connectivity index (χ0v) is 20.9. The van der Waals surface area contributed by atoms with Gasteiger partial charge in [0.05, 0.1) is 28.4 Å². The fourth-order valence-corrected chi connectivity index (χ4v) is 3.89. The van der Waals surface area contributed by atoms with Crippen molar-refractivity contribution >= 4 is 23.0 Å². The van der Waals surface area contributed by atoms with E-state index in [1.165, 1.54) is 0 Å². The Labute approximate surface area is 214 Å². The number of fused-ring (bicyclic) bond motifs is 1. The predicted molar refractivity (Wildman–Crippen MR) is 140 cm³/mol. The van der Waals surface area contributed by atoms with Crippen LogP contribution < -0.4 is 24.3 Å². The SMILES string of the molecule is COc1ccc(CNC(=O)/C(C#N)=C/c2c[nH]c3ncc(-c4ccc(OC)c(OC)c4)cc23)cc1OC. The Kier molecular flexibility index (Phi) is 7.59. The van der Waals surface area contributed by atoms with Gasteiger partial charge in [0, 0.05) is 35.5 Å². The van der Waals surface area contributed by atoms with Crippen molar-refractivity contribution in [3.63, 3.8) is 0 Å². The van der Waals surface area contributed by atoms with Gasteiger partial charge in [-0.25, -0.2) is 4.98 Å². The molecule has 2 N–H and O–H groups in total. The van der Waals surface area contributed by atoms with Gasteiger partial charge in [-0.2, -0.15) is 5.26 Å². The molecule has 0 aliphatic rings. The monoisotopic (exact) mass is 498 g/mol. The topological polar surface area (TPSA) is 118 Å². The van der Waals surface area contributed by atoms with E-state index in [1.807, 2.05) is 36.4 Å². The first-order valence-electron chi connectivity index (χ1n) is 11.3. The Morgan fingerprint density at radius 1 is 0.946 bits per heavy atom. The zero-order valence-electron chi connectivity index (χ0n) is 20.9. The van der Waals surface area contributed by atoms with Crippen molar-refractivity contribution < 1.29 is 23.7 Å². The highest BCUT2D eigenvalue weighted by Gasteiger charge is 2.14. The first kappa shape index (κ1) is 25.1. The number of nitriles is 1. The van der Waals surface area contributed by atoms with Crippen molar-refractivity contribution in [3.8, 4) is 40.2 Å². The quantitative estimate of drug-likeness (QED) is 0.258. The summed E-state index contributed by atoms with van der Waals surface area (Å²) in [6.45, 7) is 0.219. The molecule has 2 aromatic carbocycles. The summed E-state index contributed by atoms with van der Waals surface area (Å²) in [5.74, 6) is 1.89. The lowest BCUT2D eigenvalue weighted by molar-refractivity contribution is -0.117. The van der Waals surface area contributed by atoms with Gasteiger partial charge in [0.2, 0.25) is 0 Å². The van der Waals surface area contributed by atoms with Gasteiger partial charge in [-0.3, -0.25) is 4.79 Å². The molecule has 0 fully saturated rings. The minimum Gasteiger partial charge on any atom is -0.493 e. The van der Waals surface area contributed by atoms with Crippen LogP contribution in [0.1, 0.15) is 11.1 Å². The highest BCUT2D eigenvalue weighted by Crippen LogP contribution is 2.33. The lowest BCUT2D eigenvalue weighted by Gasteiger charge is -2.10. The lowest BCUT2D eigenvalue weighted by Crippen LogP contribution is -2.24. The number of carbonyl (C=O) groups is 1. The molecular formula is C28H26N4O5. The number of benzene rings is 2. The van der Waals surface area contributed by atoms with Crippen LogP contribution in [0.25, 0.3) is 28.2 Å². The number of nitrogens with zero attached hydrogens (tertiary/aromatic N) is 2. The maximum atomic E-state index is 12.8. The van der Waals surface area contributed by atoms with Crippen LogP contribution in [-0.2, 0) is 11.3 Å². The average molecular weight is 499 g/mol. The maximum Gasteiger partial charge on any atom is 0.262 e. The molecule has 0 saturated heterocycles. The second-order valence-corrected chi connectivity index (χ2v) is 7.98. The average Bonchev–Trinajstić information content (AvgIpc) is 3.35. The summed E-state index contributed by atoms with van der Waals surface area (Å²) in [5.41, 5.74) is 3.81. The number of H-pyrrole nitrogens is 1. The smallest absolute Gasteiger partial charge is 0.262 e. The third-order valence-electron chi connectivity index (χ3n) is 5.85. The van der Waals surface area contributed by atoms with Gasteiger partial charge in [-0.1, -0.05) is 12.1 Å². The van der Waals surface area contributed by atoms with E-state index in [-0.39, 0.29) is 12.1 Å². The molecule has 188 valence electrons. The summed E-state index contributed by atoms with van der Waals surface area (Å²) < 4.78 is 21.3. The first-order chi connectivity index (χ1) is 18.0. The Bertz CT molecular complexity index is 1520. The number of ether oxygens (including phenoxy) is 4. The summed E-state index contributed by atoms with van der Waals surface area (Å²) in [7, 11) is 6.27. The minimum atomic E-state index is -0.490. The van der Waals surface area contributed by atoms with E-state index in [2.05, 4.69) is 15.3 Å². The standard InChI is InChI=1S/C28H26N4O5/c1-34-23-7-5-17(9-25(23)36-3)14-32-28(33)19(13-29)10-21-16-31-27-22(21)11-20(15-30-27)18-6-8-24(35-2)26(12-18)37-4/h5-12,15-16H,14H2,1-4H3,(H,30,31)(H,32,33)/b19-10+. The number of pyridine rings is 1. The number of carbonyl (C=O) groups excluding carboxylic acids is 1. The summed E-state index contributed by atoms with van der Waals surface area (Å²) >= 11 is 0. The highest BCUT2D eigenvalue weighted by molar-refractivity contribution is 6.04. The number of hydrogen-bond acceptors (Lipinski definition) is 7. The summed E-state index contributed by atoms with van der Waals surface area (Å²) in [5, 5.41) is 13.2. The molecule has 0 aliphatic carbocycles. The molecule has 2 aromatic heterocycles. The molecule has 0 bridgehead atoms. The molecule has 9 nitrogen and oxygen atoms in total. The highest BCUT2D eigenvalue weighted by atomic mass is 16.5. The number of nitrogens with one attached hydrogen (secondary N) is 2. The van der Waals surface area contributed by atoms with E-state index in [0.717, 1.165) is 22.1 Å². The second kappa shape index (κ2) is 11.2. The minimum absolute atomic E-state index is 0.0297. The van der Waals surface area contributed by atoms with Gasteiger partial charge in [0.1, 0.15) is 17.3 Å². The Morgan fingerprint density at radius 3 is 2.30 bits per heavy atom. The van der Waals surface area contributed by atoms with Crippen LogP contribution in [0.3, 0.4) is 0 Å². The van der Waals surface area contributed by atoms with Crippen LogP contribution in [-0.4, -0.2) is 44.3 Å². The molecule has 2 heterocycles. The molecule has 0 saturated carbocycles. The van der Waals surface area contributed by atoms with Crippen LogP contribution in [0, 0.1) is 11.3 Å². The van der Waals surface area contributed by atoms with Crippen molar-refractivity contribution in [2.75, 3.05) is 28.4 Å². The normalized spacial score (nSPS) is 11.1. The third kappa shape index (κ3) is 5.33. The van der Waals surface area contributed by atoms with Crippen LogP contribution in [0.15, 0.2) is 60.4 Å². The Hall–Kier alpha value is -4.97. The molecule has 1 amide bonds. The molecular weight excluding hydrogens is 472 g/mol. The fraction of sp³-hybridized carbons (Fsp3) is 0.179. The summed E-state index contributed by atoms with van der Waals surface area (Å²) in [6.07, 6.45) is 5.01. The van der Waals surface area contributed by atoms with Gasteiger partial charge in [0.15, 0.2) is 23.0 Å². The fourth-order valence-electron chi connectivity index (χ4n) is 3.89. The van der Waals surface area contributed by atoms with Crippen molar-refractivity contribution in [3.05, 3.63) is 71.6 Å². The molecule has 0 aliphatic heterocycles. The number of hydrogen-bond donors (Lipinski definition) is 2. The Balaban J connectivity index is 1.58. The van der Waals surface area contributed by atoms with Crippen LogP contribution in [0.2, 0.25) is 0 Å². The second-order valence-electron chi connectivity index (χ2n) is 7.98. The molecule has 9 heteroatoms. The van der Waals surface area contributed by atoms with E-state index in [0.29, 0.717) is 34.2 Å². The van der Waals surface area contributed by atoms with E-state index in [4.69, 9.17) is 18.9 Å². The van der Waals surface area contributed by atoms with Crippen molar-refractivity contribution in [1.29, 1.82) is 5.26 Å². The number of aromatic nitrogens is 2. The van der Waals surface area contributed by atoms with Gasteiger partial charge >= 0.3 is 0 Å². The largest absolute Gasteiger partial charge is 0.493 e. The van der Waals surface area contributed by atoms with Crippen molar-refractivity contribution in [1.82, 2.24) is 15.3 Å². The van der Waals surface area contributed by atoms with Crippen molar-refractivity contribution in [2.45, 2.75) is 6.54 Å². The molecule has 0 spiro atoms. The number of aromatic amines is 1. The third-order valence-corrected chi connectivity index (χ3v) is 5.85. The van der Waals surface area contributed by atoms with E-state index in [1.54, 1.807) is 59.0 Å². The molecule has 0 unspecified atom stereocenters.